The van der Waals surface area contributed by atoms with E-state index in [1.54, 1.807) is 0 Å². The van der Waals surface area contributed by atoms with Gasteiger partial charge in [-0.1, -0.05) is 6.92 Å². The Morgan fingerprint density at radius 1 is 1.47 bits per heavy atom. The van der Waals surface area contributed by atoms with Crippen LogP contribution in [0.5, 0.6) is 0 Å². The van der Waals surface area contributed by atoms with Gasteiger partial charge in [0.25, 0.3) is 0 Å². The van der Waals surface area contributed by atoms with Gasteiger partial charge in [0, 0.05) is 18.3 Å². The molecular formula is C12H22N2S. The molecule has 1 aliphatic carbocycles. The van der Waals surface area contributed by atoms with Crippen molar-refractivity contribution in [2.45, 2.75) is 32.2 Å². The van der Waals surface area contributed by atoms with E-state index >= 15 is 0 Å². The van der Waals surface area contributed by atoms with E-state index in [0.29, 0.717) is 6.04 Å². The standard InChI is InChI=1S/C12H22N2S/c1-10-4-5-11(9-13)12(8-10)14(2)6-7-15-3/h10-12H,4-8H2,1-3H3. The van der Waals surface area contributed by atoms with Crippen LogP contribution in [0.2, 0.25) is 0 Å². The van der Waals surface area contributed by atoms with Gasteiger partial charge in [0.05, 0.1) is 12.0 Å². The van der Waals surface area contributed by atoms with Crippen molar-refractivity contribution in [1.29, 1.82) is 5.26 Å². The fourth-order valence-electron chi connectivity index (χ4n) is 2.39. The van der Waals surface area contributed by atoms with Crippen LogP contribution >= 0.6 is 11.8 Å². The molecule has 3 heteroatoms. The lowest BCUT2D eigenvalue weighted by Crippen LogP contribution is -2.42. The molecule has 86 valence electrons. The lowest BCUT2D eigenvalue weighted by atomic mass is 9.79. The highest BCUT2D eigenvalue weighted by Gasteiger charge is 2.30. The van der Waals surface area contributed by atoms with Crippen LogP contribution in [0.3, 0.4) is 0 Å². The first-order chi connectivity index (χ1) is 7.19. The molecule has 1 fully saturated rings. The van der Waals surface area contributed by atoms with Crippen molar-refractivity contribution in [3.63, 3.8) is 0 Å². The van der Waals surface area contributed by atoms with Gasteiger partial charge >= 0.3 is 0 Å². The first kappa shape index (κ1) is 12.9. The summed E-state index contributed by atoms with van der Waals surface area (Å²) in [6.07, 6.45) is 5.65. The highest BCUT2D eigenvalue weighted by molar-refractivity contribution is 7.98. The van der Waals surface area contributed by atoms with E-state index in [4.69, 9.17) is 5.26 Å². The minimum atomic E-state index is 0.257. The Morgan fingerprint density at radius 2 is 2.20 bits per heavy atom. The zero-order valence-electron chi connectivity index (χ0n) is 10.1. The van der Waals surface area contributed by atoms with E-state index in [2.05, 4.69) is 31.2 Å². The Morgan fingerprint density at radius 3 is 2.80 bits per heavy atom. The highest BCUT2D eigenvalue weighted by atomic mass is 32.2. The van der Waals surface area contributed by atoms with E-state index in [1.807, 2.05) is 11.8 Å². The van der Waals surface area contributed by atoms with E-state index in [9.17, 15) is 0 Å². The van der Waals surface area contributed by atoms with Crippen LogP contribution in [0.1, 0.15) is 26.2 Å². The first-order valence-electron chi connectivity index (χ1n) is 5.77. The maximum atomic E-state index is 9.14. The summed E-state index contributed by atoms with van der Waals surface area (Å²) in [5.74, 6) is 2.21. The summed E-state index contributed by atoms with van der Waals surface area (Å²) >= 11 is 1.88. The number of thioether (sulfide) groups is 1. The highest BCUT2D eigenvalue weighted by Crippen LogP contribution is 2.31. The molecular weight excluding hydrogens is 204 g/mol. The summed E-state index contributed by atoms with van der Waals surface area (Å²) in [6.45, 7) is 3.42. The van der Waals surface area contributed by atoms with Crippen LogP contribution < -0.4 is 0 Å². The Bertz CT molecular complexity index is 224. The number of nitriles is 1. The molecule has 0 aromatic rings. The average molecular weight is 226 g/mol. The van der Waals surface area contributed by atoms with Crippen molar-refractivity contribution >= 4 is 11.8 Å². The van der Waals surface area contributed by atoms with Gasteiger partial charge in [-0.15, -0.1) is 0 Å². The lowest BCUT2D eigenvalue weighted by molar-refractivity contribution is 0.137. The van der Waals surface area contributed by atoms with E-state index < -0.39 is 0 Å². The van der Waals surface area contributed by atoms with Crippen LogP contribution in [-0.2, 0) is 0 Å². The van der Waals surface area contributed by atoms with Crippen molar-refractivity contribution in [2.75, 3.05) is 25.6 Å². The van der Waals surface area contributed by atoms with Crippen LogP contribution in [0.25, 0.3) is 0 Å². The maximum absolute atomic E-state index is 9.14. The van der Waals surface area contributed by atoms with E-state index in [-0.39, 0.29) is 5.92 Å². The molecule has 0 bridgehead atoms. The zero-order valence-corrected chi connectivity index (χ0v) is 10.9. The van der Waals surface area contributed by atoms with Gasteiger partial charge in [-0.05, 0) is 38.5 Å². The molecule has 0 radical (unpaired) electrons. The second-order valence-electron chi connectivity index (χ2n) is 4.69. The van der Waals surface area contributed by atoms with Gasteiger partial charge in [0.2, 0.25) is 0 Å². The second kappa shape index (κ2) is 6.40. The number of hydrogen-bond donors (Lipinski definition) is 0. The Labute approximate surface area is 98.0 Å². The molecule has 0 amide bonds. The molecule has 0 heterocycles. The molecule has 0 spiro atoms. The van der Waals surface area contributed by atoms with Crippen molar-refractivity contribution in [3.8, 4) is 6.07 Å². The summed E-state index contributed by atoms with van der Waals surface area (Å²) in [5, 5.41) is 9.14. The third-order valence-corrected chi connectivity index (χ3v) is 4.05. The number of rotatable bonds is 4. The third-order valence-electron chi connectivity index (χ3n) is 3.46. The maximum Gasteiger partial charge on any atom is 0.0672 e. The predicted octanol–water partition coefficient (Wildman–Crippen LogP) is 2.61. The second-order valence-corrected chi connectivity index (χ2v) is 5.68. The topological polar surface area (TPSA) is 27.0 Å². The minimum absolute atomic E-state index is 0.257. The number of hydrogen-bond acceptors (Lipinski definition) is 3. The molecule has 15 heavy (non-hydrogen) atoms. The summed E-state index contributed by atoms with van der Waals surface area (Å²) in [4.78, 5) is 2.39. The largest absolute Gasteiger partial charge is 0.301 e. The van der Waals surface area contributed by atoms with Crippen LogP contribution in [0.15, 0.2) is 0 Å². The van der Waals surface area contributed by atoms with Crippen molar-refractivity contribution in [3.05, 3.63) is 0 Å². The van der Waals surface area contributed by atoms with Crippen LogP contribution in [0, 0.1) is 23.2 Å². The Kier molecular flexibility index (Phi) is 5.49. The molecule has 0 saturated heterocycles. The van der Waals surface area contributed by atoms with Crippen LogP contribution in [0.4, 0.5) is 0 Å². The van der Waals surface area contributed by atoms with E-state index in [0.717, 1.165) is 18.9 Å². The molecule has 0 aromatic heterocycles. The summed E-state index contributed by atoms with van der Waals surface area (Å²) in [7, 11) is 2.17. The molecule has 0 aliphatic heterocycles. The summed E-state index contributed by atoms with van der Waals surface area (Å²) in [5.41, 5.74) is 0. The molecule has 2 nitrogen and oxygen atoms in total. The smallest absolute Gasteiger partial charge is 0.0672 e. The Balaban J connectivity index is 2.51. The zero-order chi connectivity index (χ0) is 11.3. The predicted molar refractivity (Wildman–Crippen MR) is 66.9 cm³/mol. The number of nitrogens with zero attached hydrogens (tertiary/aromatic N) is 2. The first-order valence-corrected chi connectivity index (χ1v) is 7.17. The minimum Gasteiger partial charge on any atom is -0.301 e. The quantitative estimate of drug-likeness (QED) is 0.737. The van der Waals surface area contributed by atoms with Crippen LogP contribution in [-0.4, -0.2) is 36.5 Å². The summed E-state index contributed by atoms with van der Waals surface area (Å²) in [6, 6.07) is 2.97. The summed E-state index contributed by atoms with van der Waals surface area (Å²) < 4.78 is 0. The molecule has 1 aliphatic rings. The van der Waals surface area contributed by atoms with Gasteiger partial charge in [-0.3, -0.25) is 0 Å². The molecule has 1 rings (SSSR count). The normalized spacial score (nSPS) is 31.5. The molecule has 3 unspecified atom stereocenters. The van der Waals surface area contributed by atoms with Gasteiger partial charge in [-0.2, -0.15) is 17.0 Å². The SMILES string of the molecule is CSCCN(C)C1CC(C)CCC1C#N. The molecule has 3 atom stereocenters. The van der Waals surface area contributed by atoms with Gasteiger partial charge in [0.15, 0.2) is 0 Å². The van der Waals surface area contributed by atoms with Gasteiger partial charge in [-0.25, -0.2) is 0 Å². The fraction of sp³-hybridized carbons (Fsp3) is 0.917. The third kappa shape index (κ3) is 3.70. The lowest BCUT2D eigenvalue weighted by Gasteiger charge is -2.37. The Hall–Kier alpha value is -0.200. The van der Waals surface area contributed by atoms with Crippen molar-refractivity contribution in [1.82, 2.24) is 4.90 Å². The van der Waals surface area contributed by atoms with Gasteiger partial charge in [0.1, 0.15) is 0 Å². The fourth-order valence-corrected chi connectivity index (χ4v) is 2.86. The monoisotopic (exact) mass is 226 g/mol. The van der Waals surface area contributed by atoms with Gasteiger partial charge < -0.3 is 4.90 Å². The molecule has 0 aromatic carbocycles. The average Bonchev–Trinajstić information content (AvgIpc) is 2.25. The molecule has 0 N–H and O–H groups in total. The van der Waals surface area contributed by atoms with Crippen molar-refractivity contribution in [2.24, 2.45) is 11.8 Å². The molecule has 1 saturated carbocycles. The van der Waals surface area contributed by atoms with E-state index in [1.165, 1.54) is 18.6 Å². The van der Waals surface area contributed by atoms with Crippen molar-refractivity contribution < 1.29 is 0 Å².